The molecule has 2 aromatic rings. The zero-order valence-corrected chi connectivity index (χ0v) is 24.5. The van der Waals surface area contributed by atoms with Crippen molar-refractivity contribution in [3.05, 3.63) is 53.6 Å². The van der Waals surface area contributed by atoms with Gasteiger partial charge >= 0.3 is 0 Å². The molecule has 2 aromatic carbocycles. The van der Waals surface area contributed by atoms with E-state index < -0.39 is 44.4 Å². The highest BCUT2D eigenvalue weighted by Crippen LogP contribution is 2.29. The summed E-state index contributed by atoms with van der Waals surface area (Å²) in [4.78, 5) is 14.8. The molecule has 1 aliphatic rings. The van der Waals surface area contributed by atoms with E-state index in [1.165, 1.54) is 37.9 Å². The van der Waals surface area contributed by atoms with Gasteiger partial charge in [0.05, 0.1) is 28.3 Å². The lowest BCUT2D eigenvalue weighted by molar-refractivity contribution is -0.148. The standard InChI is InChI=1S/C27H34F2N4O5S2/c1-27(11-5-6-12-38-27)26(34)32-40(35,36)21-13-18(15-30)25(22(29)14-21)31-23(24(37-4)16-33(2)3)17-39-20-9-7-19(28)8-10-20/h7-10,13-14,23-24,31H,5-6,11-12,16-17H2,1-4H3,(H,32,34)/t23-,24+,27+/m0/s1. The fraction of sp³-hybridized carbons (Fsp3) is 0.481. The number of ether oxygens (including phenoxy) is 2. The Kier molecular flexibility index (Phi) is 10.9. The first-order chi connectivity index (χ1) is 18.9. The Morgan fingerprint density at radius 1 is 1.25 bits per heavy atom. The van der Waals surface area contributed by atoms with Crippen LogP contribution >= 0.6 is 11.8 Å². The SMILES string of the molecule is CO[C@H](CN(C)C)[C@H](CSc1ccc(F)cc1)Nc1c(F)cc(S(=O)(=O)NC(=O)[C@@]2(C)CCCCO2)cc1C#N. The second kappa shape index (κ2) is 13.7. The van der Waals surface area contributed by atoms with Crippen molar-refractivity contribution < 1.29 is 31.5 Å². The van der Waals surface area contributed by atoms with Crippen molar-refractivity contribution in [2.75, 3.05) is 45.4 Å². The lowest BCUT2D eigenvalue weighted by atomic mass is 9.95. The molecule has 1 amide bonds. The first kappa shape index (κ1) is 31.8. The minimum Gasteiger partial charge on any atom is -0.378 e. The molecular weight excluding hydrogens is 562 g/mol. The molecule has 9 nitrogen and oxygen atoms in total. The molecule has 3 atom stereocenters. The Morgan fingerprint density at radius 2 is 1.95 bits per heavy atom. The fourth-order valence-corrected chi connectivity index (χ4v) is 6.35. The Morgan fingerprint density at radius 3 is 2.52 bits per heavy atom. The van der Waals surface area contributed by atoms with Crippen LogP contribution in [-0.2, 0) is 24.3 Å². The number of anilines is 1. The summed E-state index contributed by atoms with van der Waals surface area (Å²) in [5.41, 5.74) is -1.77. The van der Waals surface area contributed by atoms with E-state index >= 15 is 4.39 Å². The van der Waals surface area contributed by atoms with Crippen molar-refractivity contribution in [2.24, 2.45) is 0 Å². The van der Waals surface area contributed by atoms with E-state index in [4.69, 9.17) is 9.47 Å². The molecule has 13 heteroatoms. The summed E-state index contributed by atoms with van der Waals surface area (Å²) >= 11 is 1.39. The largest absolute Gasteiger partial charge is 0.378 e. The molecule has 1 heterocycles. The molecule has 0 unspecified atom stereocenters. The Balaban J connectivity index is 1.88. The number of nitrogens with zero attached hydrogens (tertiary/aromatic N) is 2. The number of hydrogen-bond acceptors (Lipinski definition) is 9. The number of methoxy groups -OCH3 is 1. The summed E-state index contributed by atoms with van der Waals surface area (Å²) in [5, 5.41) is 12.8. The number of sulfonamides is 1. The van der Waals surface area contributed by atoms with Gasteiger partial charge in [0.25, 0.3) is 15.9 Å². The molecule has 40 heavy (non-hydrogen) atoms. The Labute approximate surface area is 238 Å². The monoisotopic (exact) mass is 596 g/mol. The summed E-state index contributed by atoms with van der Waals surface area (Å²) in [6.07, 6.45) is 1.37. The smallest absolute Gasteiger partial charge is 0.265 e. The lowest BCUT2D eigenvalue weighted by Gasteiger charge is -2.32. The van der Waals surface area contributed by atoms with Crippen LogP contribution in [0.25, 0.3) is 0 Å². The van der Waals surface area contributed by atoms with E-state index in [0.29, 0.717) is 31.7 Å². The van der Waals surface area contributed by atoms with E-state index in [1.807, 2.05) is 29.8 Å². The third-order valence-corrected chi connectivity index (χ3v) is 8.98. The van der Waals surface area contributed by atoms with Gasteiger partial charge in [0.15, 0.2) is 0 Å². The second-order valence-corrected chi connectivity index (χ2v) is 12.7. The quantitative estimate of drug-likeness (QED) is 0.353. The number of carbonyl (C=O) groups is 1. The first-order valence-corrected chi connectivity index (χ1v) is 15.1. The van der Waals surface area contributed by atoms with Gasteiger partial charge in [-0.05, 0) is 76.7 Å². The molecule has 1 aliphatic heterocycles. The molecule has 0 saturated carbocycles. The van der Waals surface area contributed by atoms with Crippen molar-refractivity contribution in [3.63, 3.8) is 0 Å². The summed E-state index contributed by atoms with van der Waals surface area (Å²) in [7, 11) is 0.720. The van der Waals surface area contributed by atoms with Crippen LogP contribution < -0.4 is 10.0 Å². The molecule has 3 rings (SSSR count). The number of hydrogen-bond donors (Lipinski definition) is 2. The van der Waals surface area contributed by atoms with Crippen LogP contribution in [0.4, 0.5) is 14.5 Å². The molecule has 0 radical (unpaired) electrons. The average Bonchev–Trinajstić information content (AvgIpc) is 2.91. The van der Waals surface area contributed by atoms with Gasteiger partial charge in [0, 0.05) is 30.9 Å². The topological polar surface area (TPSA) is 121 Å². The van der Waals surface area contributed by atoms with Crippen molar-refractivity contribution in [3.8, 4) is 6.07 Å². The molecule has 0 spiro atoms. The van der Waals surface area contributed by atoms with Gasteiger partial charge in [-0.3, -0.25) is 4.79 Å². The van der Waals surface area contributed by atoms with Gasteiger partial charge in [-0.15, -0.1) is 11.8 Å². The minimum atomic E-state index is -4.50. The van der Waals surface area contributed by atoms with Gasteiger partial charge in [-0.1, -0.05) is 0 Å². The number of amides is 1. The molecule has 0 aromatic heterocycles. The van der Waals surface area contributed by atoms with Crippen molar-refractivity contribution in [1.29, 1.82) is 5.26 Å². The molecule has 218 valence electrons. The number of likely N-dealkylation sites (N-methyl/N-ethyl adjacent to an activating group) is 1. The van der Waals surface area contributed by atoms with E-state index in [-0.39, 0.29) is 17.1 Å². The van der Waals surface area contributed by atoms with Crippen LogP contribution in [0.5, 0.6) is 0 Å². The number of halogens is 2. The number of nitriles is 1. The van der Waals surface area contributed by atoms with Gasteiger partial charge < -0.3 is 19.7 Å². The van der Waals surface area contributed by atoms with Gasteiger partial charge in [0.2, 0.25) is 0 Å². The van der Waals surface area contributed by atoms with Crippen LogP contribution in [0, 0.1) is 23.0 Å². The van der Waals surface area contributed by atoms with E-state index in [2.05, 4.69) is 5.32 Å². The summed E-state index contributed by atoms with van der Waals surface area (Å²) in [6.45, 7) is 2.30. The van der Waals surface area contributed by atoms with E-state index in [9.17, 15) is 22.9 Å². The molecular formula is C27H34F2N4O5S2. The molecule has 0 bridgehead atoms. The number of carbonyl (C=O) groups excluding carboxylic acids is 1. The van der Waals surface area contributed by atoms with Crippen molar-refractivity contribution in [1.82, 2.24) is 9.62 Å². The normalized spacial score (nSPS) is 19.1. The second-order valence-electron chi connectivity index (χ2n) is 9.96. The van der Waals surface area contributed by atoms with Crippen LogP contribution in [-0.4, -0.2) is 77.1 Å². The van der Waals surface area contributed by atoms with Crippen LogP contribution in [0.3, 0.4) is 0 Å². The zero-order chi connectivity index (χ0) is 29.5. The van der Waals surface area contributed by atoms with Crippen LogP contribution in [0.1, 0.15) is 31.7 Å². The number of nitrogens with one attached hydrogen (secondary N) is 2. The maximum absolute atomic E-state index is 15.5. The van der Waals surface area contributed by atoms with Gasteiger partial charge in [-0.25, -0.2) is 21.9 Å². The van der Waals surface area contributed by atoms with Crippen molar-refractivity contribution >= 4 is 33.4 Å². The van der Waals surface area contributed by atoms with E-state index in [1.54, 1.807) is 12.1 Å². The summed E-state index contributed by atoms with van der Waals surface area (Å²) in [6, 6.07) is 9.02. The zero-order valence-electron chi connectivity index (χ0n) is 22.9. The highest BCUT2D eigenvalue weighted by molar-refractivity contribution is 7.99. The predicted octanol–water partition coefficient (Wildman–Crippen LogP) is 3.75. The van der Waals surface area contributed by atoms with Crippen LogP contribution in [0.15, 0.2) is 46.2 Å². The Hall–Kier alpha value is -2.76. The molecule has 1 fully saturated rings. The lowest BCUT2D eigenvalue weighted by Crippen LogP contribution is -2.50. The van der Waals surface area contributed by atoms with Gasteiger partial charge in [-0.2, -0.15) is 5.26 Å². The van der Waals surface area contributed by atoms with Gasteiger partial charge in [0.1, 0.15) is 23.3 Å². The maximum Gasteiger partial charge on any atom is 0.265 e. The predicted molar refractivity (Wildman–Crippen MR) is 149 cm³/mol. The molecule has 1 saturated heterocycles. The summed E-state index contributed by atoms with van der Waals surface area (Å²) in [5.74, 6) is -1.84. The van der Waals surface area contributed by atoms with E-state index in [0.717, 1.165) is 23.4 Å². The number of rotatable bonds is 12. The first-order valence-electron chi connectivity index (χ1n) is 12.7. The highest BCUT2D eigenvalue weighted by atomic mass is 32.2. The minimum absolute atomic E-state index is 0.194. The van der Waals surface area contributed by atoms with Crippen LogP contribution in [0.2, 0.25) is 0 Å². The fourth-order valence-electron chi connectivity index (χ4n) is 4.24. The third kappa shape index (κ3) is 8.14. The Bertz CT molecular complexity index is 1330. The summed E-state index contributed by atoms with van der Waals surface area (Å²) < 4.78 is 68.0. The highest BCUT2D eigenvalue weighted by Gasteiger charge is 2.38. The maximum atomic E-state index is 15.5. The van der Waals surface area contributed by atoms with Crippen molar-refractivity contribution in [2.45, 2.75) is 53.7 Å². The number of benzene rings is 2. The molecule has 2 N–H and O–H groups in total. The molecule has 0 aliphatic carbocycles. The average molecular weight is 597 g/mol. The third-order valence-electron chi connectivity index (χ3n) is 6.54. The number of thioether (sulfide) groups is 1.